The number of amides is 1. The van der Waals surface area contributed by atoms with Crippen molar-refractivity contribution in [3.05, 3.63) is 29.8 Å². The standard InChI is InChI=1S/C10H14N2O2S/c1-15-9-4-2-8(3-5-9)6-12-14-7-10(11)13/h2-5,12H,6-7H2,1H3,(H2,11,13). The van der Waals surface area contributed by atoms with Crippen LogP contribution < -0.4 is 11.2 Å². The summed E-state index contributed by atoms with van der Waals surface area (Å²) < 4.78 is 0. The zero-order valence-corrected chi connectivity index (χ0v) is 9.34. The Morgan fingerprint density at radius 2 is 2.13 bits per heavy atom. The summed E-state index contributed by atoms with van der Waals surface area (Å²) in [5.41, 5.74) is 8.66. The van der Waals surface area contributed by atoms with Crippen molar-refractivity contribution in [2.24, 2.45) is 5.73 Å². The maximum absolute atomic E-state index is 10.3. The van der Waals surface area contributed by atoms with Gasteiger partial charge in [-0.15, -0.1) is 11.8 Å². The van der Waals surface area contributed by atoms with E-state index in [0.29, 0.717) is 6.54 Å². The molecule has 1 aromatic rings. The Kier molecular flexibility index (Phi) is 5.17. The Bertz CT molecular complexity index is 314. The van der Waals surface area contributed by atoms with E-state index in [1.54, 1.807) is 11.8 Å². The second-order valence-corrected chi connectivity index (χ2v) is 3.80. The van der Waals surface area contributed by atoms with Crippen molar-refractivity contribution in [2.45, 2.75) is 11.4 Å². The molecule has 82 valence electrons. The number of nitrogens with two attached hydrogens (primary N) is 1. The molecule has 0 aliphatic heterocycles. The molecule has 4 nitrogen and oxygen atoms in total. The molecule has 0 radical (unpaired) electrons. The molecule has 1 aromatic carbocycles. The number of thioether (sulfide) groups is 1. The van der Waals surface area contributed by atoms with Crippen LogP contribution in [0.3, 0.4) is 0 Å². The van der Waals surface area contributed by atoms with Crippen molar-refractivity contribution in [1.82, 2.24) is 5.48 Å². The van der Waals surface area contributed by atoms with Gasteiger partial charge in [0.25, 0.3) is 0 Å². The van der Waals surface area contributed by atoms with Crippen LogP contribution in [0.5, 0.6) is 0 Å². The van der Waals surface area contributed by atoms with E-state index < -0.39 is 5.91 Å². The molecular weight excluding hydrogens is 212 g/mol. The molecule has 0 spiro atoms. The summed E-state index contributed by atoms with van der Waals surface area (Å²) in [6.07, 6.45) is 2.03. The second-order valence-electron chi connectivity index (χ2n) is 2.92. The summed E-state index contributed by atoms with van der Waals surface area (Å²) in [7, 11) is 0. The largest absolute Gasteiger partial charge is 0.368 e. The fraction of sp³-hybridized carbons (Fsp3) is 0.300. The highest BCUT2D eigenvalue weighted by Gasteiger charge is 1.95. The number of carbonyl (C=O) groups excluding carboxylic acids is 1. The second kappa shape index (κ2) is 6.44. The zero-order chi connectivity index (χ0) is 11.1. The SMILES string of the molecule is CSc1ccc(CNOCC(N)=O)cc1. The van der Waals surface area contributed by atoms with Crippen LogP contribution in [0.25, 0.3) is 0 Å². The normalized spacial score (nSPS) is 10.2. The first kappa shape index (κ1) is 12.0. The molecule has 1 rings (SSSR count). The van der Waals surface area contributed by atoms with Crippen LogP contribution in [0.15, 0.2) is 29.2 Å². The molecule has 0 aromatic heterocycles. The molecule has 0 fully saturated rings. The van der Waals surface area contributed by atoms with Gasteiger partial charge in [0, 0.05) is 11.4 Å². The molecule has 0 bridgehead atoms. The number of hydroxylamine groups is 1. The van der Waals surface area contributed by atoms with E-state index in [0.717, 1.165) is 5.56 Å². The number of rotatable bonds is 6. The number of hydrogen-bond donors (Lipinski definition) is 2. The van der Waals surface area contributed by atoms with Gasteiger partial charge >= 0.3 is 0 Å². The smallest absolute Gasteiger partial charge is 0.245 e. The zero-order valence-electron chi connectivity index (χ0n) is 8.53. The molecule has 0 heterocycles. The maximum atomic E-state index is 10.3. The van der Waals surface area contributed by atoms with E-state index in [9.17, 15) is 4.79 Å². The quantitative estimate of drug-likeness (QED) is 0.430. The minimum absolute atomic E-state index is 0.108. The number of carbonyl (C=O) groups is 1. The van der Waals surface area contributed by atoms with Crippen molar-refractivity contribution in [2.75, 3.05) is 12.9 Å². The lowest BCUT2D eigenvalue weighted by molar-refractivity contribution is -0.125. The van der Waals surface area contributed by atoms with Gasteiger partial charge in [-0.1, -0.05) is 12.1 Å². The van der Waals surface area contributed by atoms with Gasteiger partial charge in [-0.25, -0.2) is 0 Å². The number of benzene rings is 1. The van der Waals surface area contributed by atoms with Gasteiger partial charge in [0.05, 0.1) is 0 Å². The predicted octanol–water partition coefficient (Wildman–Crippen LogP) is 0.915. The highest BCUT2D eigenvalue weighted by molar-refractivity contribution is 7.98. The van der Waals surface area contributed by atoms with Crippen LogP contribution in [0, 0.1) is 0 Å². The topological polar surface area (TPSA) is 64.3 Å². The van der Waals surface area contributed by atoms with Gasteiger partial charge in [-0.05, 0) is 24.0 Å². The average molecular weight is 226 g/mol. The lowest BCUT2D eigenvalue weighted by Crippen LogP contribution is -2.24. The van der Waals surface area contributed by atoms with Gasteiger partial charge in [0.1, 0.15) is 6.61 Å². The van der Waals surface area contributed by atoms with Crippen LogP contribution in [0.4, 0.5) is 0 Å². The lowest BCUT2D eigenvalue weighted by atomic mass is 10.2. The Morgan fingerprint density at radius 3 is 2.67 bits per heavy atom. The third kappa shape index (κ3) is 4.83. The Hall–Kier alpha value is -1.04. The van der Waals surface area contributed by atoms with Crippen molar-refractivity contribution < 1.29 is 9.63 Å². The minimum atomic E-state index is -0.486. The average Bonchev–Trinajstić information content (AvgIpc) is 2.25. The molecule has 1 amide bonds. The maximum Gasteiger partial charge on any atom is 0.245 e. The molecule has 0 aliphatic carbocycles. The number of hydrogen-bond acceptors (Lipinski definition) is 4. The summed E-state index contributed by atoms with van der Waals surface area (Å²) in [5.74, 6) is -0.486. The molecule has 0 aliphatic rings. The van der Waals surface area contributed by atoms with Crippen LogP contribution in [-0.2, 0) is 16.2 Å². The van der Waals surface area contributed by atoms with Gasteiger partial charge in [0.15, 0.2) is 0 Å². The lowest BCUT2D eigenvalue weighted by Gasteiger charge is -2.04. The first-order valence-corrected chi connectivity index (χ1v) is 5.70. The third-order valence-corrected chi connectivity index (χ3v) is 2.50. The fourth-order valence-electron chi connectivity index (χ4n) is 1.000. The summed E-state index contributed by atoms with van der Waals surface area (Å²) in [6, 6.07) is 8.09. The Balaban J connectivity index is 2.28. The summed E-state index contributed by atoms with van der Waals surface area (Å²) in [5, 5.41) is 0. The van der Waals surface area contributed by atoms with Crippen molar-refractivity contribution in [3.63, 3.8) is 0 Å². The van der Waals surface area contributed by atoms with E-state index in [4.69, 9.17) is 10.6 Å². The predicted molar refractivity (Wildman–Crippen MR) is 60.2 cm³/mol. The van der Waals surface area contributed by atoms with E-state index in [1.165, 1.54) is 4.90 Å². The van der Waals surface area contributed by atoms with Crippen molar-refractivity contribution >= 4 is 17.7 Å². The molecule has 3 N–H and O–H groups in total. The van der Waals surface area contributed by atoms with Crippen molar-refractivity contribution in [3.8, 4) is 0 Å². The van der Waals surface area contributed by atoms with Crippen LogP contribution >= 0.6 is 11.8 Å². The molecular formula is C10H14N2O2S. The molecule has 15 heavy (non-hydrogen) atoms. The molecule has 0 atom stereocenters. The summed E-state index contributed by atoms with van der Waals surface area (Å²) in [4.78, 5) is 16.4. The third-order valence-electron chi connectivity index (χ3n) is 1.75. The molecule has 5 heteroatoms. The minimum Gasteiger partial charge on any atom is -0.368 e. The first-order valence-electron chi connectivity index (χ1n) is 4.48. The van der Waals surface area contributed by atoms with Gasteiger partial charge in [-0.2, -0.15) is 5.48 Å². The highest BCUT2D eigenvalue weighted by Crippen LogP contribution is 2.14. The highest BCUT2D eigenvalue weighted by atomic mass is 32.2. The van der Waals surface area contributed by atoms with Crippen molar-refractivity contribution in [1.29, 1.82) is 0 Å². The van der Waals surface area contributed by atoms with Crippen LogP contribution in [0.1, 0.15) is 5.56 Å². The summed E-state index contributed by atoms with van der Waals surface area (Å²) >= 11 is 1.70. The van der Waals surface area contributed by atoms with E-state index in [1.807, 2.05) is 30.5 Å². The Morgan fingerprint density at radius 1 is 1.47 bits per heavy atom. The monoisotopic (exact) mass is 226 g/mol. The first-order chi connectivity index (χ1) is 7.22. The van der Waals surface area contributed by atoms with Crippen LogP contribution in [0.2, 0.25) is 0 Å². The van der Waals surface area contributed by atoms with Crippen LogP contribution in [-0.4, -0.2) is 18.8 Å². The molecule has 0 unspecified atom stereocenters. The van der Waals surface area contributed by atoms with Gasteiger partial charge in [-0.3, -0.25) is 9.63 Å². The van der Waals surface area contributed by atoms with E-state index in [-0.39, 0.29) is 6.61 Å². The fourth-order valence-corrected chi connectivity index (χ4v) is 1.41. The summed E-state index contributed by atoms with van der Waals surface area (Å²) in [6.45, 7) is 0.449. The molecule has 0 saturated carbocycles. The van der Waals surface area contributed by atoms with E-state index in [2.05, 4.69) is 5.48 Å². The van der Waals surface area contributed by atoms with E-state index >= 15 is 0 Å². The van der Waals surface area contributed by atoms with Gasteiger partial charge < -0.3 is 5.73 Å². The molecule has 0 saturated heterocycles. The number of primary amides is 1. The Labute approximate surface area is 93.1 Å². The number of nitrogens with one attached hydrogen (secondary N) is 1. The van der Waals surface area contributed by atoms with Gasteiger partial charge in [0.2, 0.25) is 5.91 Å².